The van der Waals surface area contributed by atoms with Crippen LogP contribution in [0.2, 0.25) is 0 Å². The lowest BCUT2D eigenvalue weighted by molar-refractivity contribution is -0.121. The maximum Gasteiger partial charge on any atom is 0.230 e. The maximum absolute atomic E-state index is 12.0. The standard InChI is InChI=1S/C12H14N2O3/c1-8(15)11(14-13-9(2)16)12(17)10-6-4-3-5-7-10/h3-7,11,14H,1-2H3,(H,13,16). The second kappa shape index (κ2) is 5.91. The number of hydrogen-bond acceptors (Lipinski definition) is 4. The number of carbonyl (C=O) groups excluding carboxylic acids is 3. The summed E-state index contributed by atoms with van der Waals surface area (Å²) in [6.07, 6.45) is 0. The van der Waals surface area contributed by atoms with Gasteiger partial charge in [0.25, 0.3) is 0 Å². The summed E-state index contributed by atoms with van der Waals surface area (Å²) in [4.78, 5) is 34.0. The van der Waals surface area contributed by atoms with E-state index < -0.39 is 6.04 Å². The Bertz CT molecular complexity index is 429. The van der Waals surface area contributed by atoms with E-state index in [4.69, 9.17) is 0 Å². The zero-order valence-electron chi connectivity index (χ0n) is 9.69. The predicted octanol–water partition coefficient (Wildman–Crippen LogP) is 0.468. The van der Waals surface area contributed by atoms with Crippen LogP contribution in [0.3, 0.4) is 0 Å². The lowest BCUT2D eigenvalue weighted by atomic mass is 10.0. The van der Waals surface area contributed by atoms with Gasteiger partial charge in [-0.15, -0.1) is 0 Å². The Labute approximate surface area is 99.2 Å². The van der Waals surface area contributed by atoms with Crippen LogP contribution in [0.15, 0.2) is 30.3 Å². The van der Waals surface area contributed by atoms with Gasteiger partial charge in [-0.3, -0.25) is 19.8 Å². The highest BCUT2D eigenvalue weighted by atomic mass is 16.2. The van der Waals surface area contributed by atoms with Gasteiger partial charge in [0.05, 0.1) is 0 Å². The maximum atomic E-state index is 12.0. The van der Waals surface area contributed by atoms with E-state index in [2.05, 4.69) is 10.9 Å². The van der Waals surface area contributed by atoms with Gasteiger partial charge in [-0.2, -0.15) is 0 Å². The average Bonchev–Trinajstić information content (AvgIpc) is 2.29. The monoisotopic (exact) mass is 234 g/mol. The third-order valence-corrected chi connectivity index (χ3v) is 2.12. The number of Topliss-reactive ketones (excluding diaryl/α,β-unsaturated/α-hetero) is 2. The summed E-state index contributed by atoms with van der Waals surface area (Å²) >= 11 is 0. The van der Waals surface area contributed by atoms with Crippen LogP contribution in [0.5, 0.6) is 0 Å². The lowest BCUT2D eigenvalue weighted by Crippen LogP contribution is -2.51. The van der Waals surface area contributed by atoms with E-state index >= 15 is 0 Å². The Morgan fingerprint density at radius 3 is 2.12 bits per heavy atom. The van der Waals surface area contributed by atoms with Gasteiger partial charge >= 0.3 is 0 Å². The summed E-state index contributed by atoms with van der Waals surface area (Å²) in [5, 5.41) is 0. The molecule has 1 amide bonds. The minimum atomic E-state index is -1.05. The normalized spacial score (nSPS) is 11.6. The molecule has 1 atom stereocenters. The SMILES string of the molecule is CC(=O)NNC(C(C)=O)C(=O)c1ccccc1. The highest BCUT2D eigenvalue weighted by Gasteiger charge is 2.24. The van der Waals surface area contributed by atoms with Crippen molar-refractivity contribution in [2.75, 3.05) is 0 Å². The molecule has 0 saturated heterocycles. The molecule has 5 heteroatoms. The molecule has 1 aromatic carbocycles. The minimum Gasteiger partial charge on any atom is -0.298 e. The second-order valence-electron chi connectivity index (χ2n) is 3.60. The van der Waals surface area contributed by atoms with Crippen LogP contribution in [0.4, 0.5) is 0 Å². The third-order valence-electron chi connectivity index (χ3n) is 2.12. The molecule has 1 aromatic rings. The zero-order valence-corrected chi connectivity index (χ0v) is 9.69. The summed E-state index contributed by atoms with van der Waals surface area (Å²) in [7, 11) is 0. The first kappa shape index (κ1) is 13.1. The van der Waals surface area contributed by atoms with E-state index in [1.54, 1.807) is 30.3 Å². The first-order chi connectivity index (χ1) is 8.02. The van der Waals surface area contributed by atoms with E-state index in [0.29, 0.717) is 5.56 Å². The molecule has 2 N–H and O–H groups in total. The van der Waals surface area contributed by atoms with E-state index in [-0.39, 0.29) is 17.5 Å². The van der Waals surface area contributed by atoms with Crippen molar-refractivity contribution in [1.29, 1.82) is 0 Å². The van der Waals surface area contributed by atoms with Crippen LogP contribution in [-0.2, 0) is 9.59 Å². The predicted molar refractivity (Wildman–Crippen MR) is 62.2 cm³/mol. The number of carbonyl (C=O) groups is 3. The Morgan fingerprint density at radius 2 is 1.65 bits per heavy atom. The number of ketones is 2. The summed E-state index contributed by atoms with van der Waals surface area (Å²) in [5.41, 5.74) is 5.09. The van der Waals surface area contributed by atoms with Crippen LogP contribution < -0.4 is 10.9 Å². The van der Waals surface area contributed by atoms with Crippen molar-refractivity contribution < 1.29 is 14.4 Å². The molecule has 0 spiro atoms. The van der Waals surface area contributed by atoms with Crippen LogP contribution in [-0.4, -0.2) is 23.5 Å². The van der Waals surface area contributed by atoms with E-state index in [0.717, 1.165) is 0 Å². The van der Waals surface area contributed by atoms with E-state index in [1.165, 1.54) is 13.8 Å². The van der Waals surface area contributed by atoms with Crippen molar-refractivity contribution in [2.24, 2.45) is 0 Å². The fourth-order valence-corrected chi connectivity index (χ4v) is 1.29. The molecular weight excluding hydrogens is 220 g/mol. The Kier molecular flexibility index (Phi) is 4.54. The molecule has 0 saturated carbocycles. The quantitative estimate of drug-likeness (QED) is 0.441. The second-order valence-corrected chi connectivity index (χ2v) is 3.60. The van der Waals surface area contributed by atoms with Crippen molar-refractivity contribution in [3.63, 3.8) is 0 Å². The van der Waals surface area contributed by atoms with Crippen molar-refractivity contribution in [3.8, 4) is 0 Å². The summed E-state index contributed by atoms with van der Waals surface area (Å²) in [5.74, 6) is -1.09. The van der Waals surface area contributed by atoms with Gasteiger partial charge in [0.2, 0.25) is 5.91 Å². The zero-order chi connectivity index (χ0) is 12.8. The van der Waals surface area contributed by atoms with Gasteiger partial charge in [0.1, 0.15) is 6.04 Å². The van der Waals surface area contributed by atoms with Gasteiger partial charge in [-0.05, 0) is 6.92 Å². The molecule has 0 aliphatic carbocycles. The molecule has 17 heavy (non-hydrogen) atoms. The van der Waals surface area contributed by atoms with E-state index in [1.807, 2.05) is 0 Å². The van der Waals surface area contributed by atoms with Crippen LogP contribution in [0, 0.1) is 0 Å². The number of rotatable bonds is 5. The van der Waals surface area contributed by atoms with Gasteiger partial charge < -0.3 is 0 Å². The van der Waals surface area contributed by atoms with E-state index in [9.17, 15) is 14.4 Å². The number of nitrogens with one attached hydrogen (secondary N) is 2. The molecular formula is C12H14N2O3. The van der Waals surface area contributed by atoms with Crippen molar-refractivity contribution in [3.05, 3.63) is 35.9 Å². The Hall–Kier alpha value is -2.01. The first-order valence-corrected chi connectivity index (χ1v) is 5.14. The van der Waals surface area contributed by atoms with Gasteiger partial charge in [-0.25, -0.2) is 5.43 Å². The topological polar surface area (TPSA) is 75.3 Å². The molecule has 1 unspecified atom stereocenters. The molecule has 0 heterocycles. The molecule has 5 nitrogen and oxygen atoms in total. The molecule has 0 aromatic heterocycles. The number of hydrogen-bond donors (Lipinski definition) is 2. The minimum absolute atomic E-state index is 0.354. The van der Waals surface area contributed by atoms with Crippen LogP contribution in [0.1, 0.15) is 24.2 Å². The van der Waals surface area contributed by atoms with Gasteiger partial charge in [-0.1, -0.05) is 30.3 Å². The summed E-state index contributed by atoms with van der Waals surface area (Å²) < 4.78 is 0. The molecule has 0 radical (unpaired) electrons. The average molecular weight is 234 g/mol. The smallest absolute Gasteiger partial charge is 0.230 e. The highest BCUT2D eigenvalue weighted by molar-refractivity contribution is 6.13. The van der Waals surface area contributed by atoms with Crippen LogP contribution >= 0.6 is 0 Å². The van der Waals surface area contributed by atoms with Crippen LogP contribution in [0.25, 0.3) is 0 Å². The molecule has 0 aliphatic heterocycles. The molecule has 1 rings (SSSR count). The summed E-state index contributed by atoms with van der Waals surface area (Å²) in [6, 6.07) is 7.38. The number of amides is 1. The highest BCUT2D eigenvalue weighted by Crippen LogP contribution is 2.03. The van der Waals surface area contributed by atoms with Crippen molar-refractivity contribution >= 4 is 17.5 Å². The van der Waals surface area contributed by atoms with Crippen molar-refractivity contribution in [2.45, 2.75) is 19.9 Å². The fourth-order valence-electron chi connectivity index (χ4n) is 1.29. The van der Waals surface area contributed by atoms with Crippen molar-refractivity contribution in [1.82, 2.24) is 10.9 Å². The molecule has 90 valence electrons. The largest absolute Gasteiger partial charge is 0.298 e. The lowest BCUT2D eigenvalue weighted by Gasteiger charge is -2.14. The molecule has 0 bridgehead atoms. The third kappa shape index (κ3) is 3.81. The fraction of sp³-hybridized carbons (Fsp3) is 0.250. The van der Waals surface area contributed by atoms with Gasteiger partial charge in [0, 0.05) is 12.5 Å². The summed E-state index contributed by atoms with van der Waals surface area (Å²) in [6.45, 7) is 2.58. The van der Waals surface area contributed by atoms with Gasteiger partial charge in [0.15, 0.2) is 11.6 Å². The first-order valence-electron chi connectivity index (χ1n) is 5.14. The Balaban J connectivity index is 2.81. The molecule has 0 aliphatic rings. The Morgan fingerprint density at radius 1 is 1.06 bits per heavy atom. The number of benzene rings is 1. The number of hydrazine groups is 1. The molecule has 0 fully saturated rings.